The molecule has 0 aliphatic rings. The average Bonchev–Trinajstić information content (AvgIpc) is 2.95. The summed E-state index contributed by atoms with van der Waals surface area (Å²) < 4.78 is 34.9. The fourth-order valence-electron chi connectivity index (χ4n) is 4.60. The number of carbonyl (C=O) groups is 2. The summed E-state index contributed by atoms with van der Waals surface area (Å²) in [7, 11) is -2.73. The summed E-state index contributed by atoms with van der Waals surface area (Å²) in [6, 6.07) is 18.6. The average molecular weight is 580 g/mol. The van der Waals surface area contributed by atoms with E-state index in [2.05, 4.69) is 5.32 Å². The van der Waals surface area contributed by atoms with Crippen LogP contribution in [0.1, 0.15) is 48.9 Å². The Kier molecular flexibility index (Phi) is 10.9. The van der Waals surface area contributed by atoms with Crippen LogP contribution in [0.4, 0.5) is 5.69 Å². The van der Waals surface area contributed by atoms with Gasteiger partial charge in [0.05, 0.1) is 17.7 Å². The maximum atomic E-state index is 14.2. The summed E-state index contributed by atoms with van der Waals surface area (Å²) in [6.45, 7) is 9.60. The Morgan fingerprint density at radius 3 is 2.20 bits per heavy atom. The zero-order valence-corrected chi connectivity index (χ0v) is 25.6. The predicted molar refractivity (Wildman–Crippen MR) is 163 cm³/mol. The summed E-state index contributed by atoms with van der Waals surface area (Å²) >= 11 is 0. The number of hydrogen-bond donors (Lipinski definition) is 1. The Bertz CT molecular complexity index is 1450. The maximum Gasteiger partial charge on any atom is 0.264 e. The molecular formula is C32H41N3O5S. The fourth-order valence-corrected chi connectivity index (χ4v) is 6.02. The minimum Gasteiger partial charge on any atom is -0.495 e. The lowest BCUT2D eigenvalue weighted by Crippen LogP contribution is -2.52. The Hall–Kier alpha value is -3.85. The number of nitrogens with one attached hydrogen (secondary N) is 1. The van der Waals surface area contributed by atoms with Crippen LogP contribution in [0.25, 0.3) is 0 Å². The Labute approximate surface area is 244 Å². The van der Waals surface area contributed by atoms with Gasteiger partial charge in [-0.2, -0.15) is 0 Å². The van der Waals surface area contributed by atoms with Gasteiger partial charge in [0.25, 0.3) is 10.0 Å². The van der Waals surface area contributed by atoms with E-state index >= 15 is 0 Å². The zero-order chi connectivity index (χ0) is 30.2. The number of methoxy groups -OCH3 is 1. The van der Waals surface area contributed by atoms with Gasteiger partial charge in [-0.1, -0.05) is 61.9 Å². The molecule has 0 aliphatic carbocycles. The third-order valence-electron chi connectivity index (χ3n) is 7.03. The van der Waals surface area contributed by atoms with E-state index in [1.807, 2.05) is 65.0 Å². The number of amides is 2. The van der Waals surface area contributed by atoms with Crippen molar-refractivity contribution in [2.75, 3.05) is 24.5 Å². The molecule has 0 spiro atoms. The molecule has 3 aromatic rings. The lowest BCUT2D eigenvalue weighted by Gasteiger charge is -2.34. The standard InChI is InChI=1S/C32H41N3O5S/c1-7-19-33-32(37)28(8-2)34(21-26-12-10-9-11-25(26)5)31(36)22-35(29-20-24(4)15-18-30(29)40-6)41(38,39)27-16-13-23(3)14-17-27/h9-18,20,28H,7-8,19,21-22H2,1-6H3,(H,33,37)/t28-/m0/s1. The number of ether oxygens (including phenoxy) is 1. The molecule has 3 aromatic carbocycles. The smallest absolute Gasteiger partial charge is 0.264 e. The van der Waals surface area contributed by atoms with Crippen LogP contribution in [-0.2, 0) is 26.2 Å². The fraction of sp³-hybridized carbons (Fsp3) is 0.375. The number of carbonyl (C=O) groups excluding carboxylic acids is 2. The minimum absolute atomic E-state index is 0.0534. The van der Waals surface area contributed by atoms with Gasteiger partial charge in [0, 0.05) is 13.1 Å². The van der Waals surface area contributed by atoms with E-state index in [9.17, 15) is 18.0 Å². The second-order valence-electron chi connectivity index (χ2n) is 10.2. The Morgan fingerprint density at radius 2 is 1.59 bits per heavy atom. The molecule has 0 unspecified atom stereocenters. The molecular weight excluding hydrogens is 538 g/mol. The highest BCUT2D eigenvalue weighted by atomic mass is 32.2. The quantitative estimate of drug-likeness (QED) is 0.302. The summed E-state index contributed by atoms with van der Waals surface area (Å²) in [5.74, 6) is -0.444. The molecule has 0 saturated carbocycles. The van der Waals surface area contributed by atoms with Crippen molar-refractivity contribution in [2.45, 2.75) is 64.9 Å². The van der Waals surface area contributed by atoms with Crippen molar-refractivity contribution < 1.29 is 22.7 Å². The van der Waals surface area contributed by atoms with Crippen LogP contribution in [0.2, 0.25) is 0 Å². The summed E-state index contributed by atoms with van der Waals surface area (Å²) in [4.78, 5) is 29.0. The van der Waals surface area contributed by atoms with E-state index in [4.69, 9.17) is 4.74 Å². The number of hydrogen-bond acceptors (Lipinski definition) is 5. The first-order chi connectivity index (χ1) is 19.5. The first-order valence-corrected chi connectivity index (χ1v) is 15.3. The largest absolute Gasteiger partial charge is 0.495 e. The highest BCUT2D eigenvalue weighted by Crippen LogP contribution is 2.34. The molecule has 1 N–H and O–H groups in total. The van der Waals surface area contributed by atoms with Gasteiger partial charge in [0.15, 0.2) is 0 Å². The molecule has 0 heterocycles. The molecule has 220 valence electrons. The number of aryl methyl sites for hydroxylation is 3. The van der Waals surface area contributed by atoms with Crippen LogP contribution in [0.5, 0.6) is 5.75 Å². The van der Waals surface area contributed by atoms with E-state index in [-0.39, 0.29) is 23.0 Å². The highest BCUT2D eigenvalue weighted by molar-refractivity contribution is 7.92. The van der Waals surface area contributed by atoms with Crippen molar-refractivity contribution in [3.63, 3.8) is 0 Å². The molecule has 1 atom stereocenters. The van der Waals surface area contributed by atoms with Gasteiger partial charge < -0.3 is 15.0 Å². The first-order valence-electron chi connectivity index (χ1n) is 13.9. The highest BCUT2D eigenvalue weighted by Gasteiger charge is 2.35. The Balaban J connectivity index is 2.13. The van der Waals surface area contributed by atoms with Gasteiger partial charge in [-0.05, 0) is 74.6 Å². The second kappa shape index (κ2) is 14.2. The van der Waals surface area contributed by atoms with Crippen LogP contribution in [0.3, 0.4) is 0 Å². The molecule has 0 aliphatic heterocycles. The van der Waals surface area contributed by atoms with Gasteiger partial charge in [-0.25, -0.2) is 8.42 Å². The van der Waals surface area contributed by atoms with Crippen LogP contribution in [0.15, 0.2) is 71.6 Å². The number of nitrogens with zero attached hydrogens (tertiary/aromatic N) is 2. The molecule has 9 heteroatoms. The predicted octanol–water partition coefficient (Wildman–Crippen LogP) is 5.15. The molecule has 0 radical (unpaired) electrons. The molecule has 8 nitrogen and oxygen atoms in total. The van der Waals surface area contributed by atoms with Crippen molar-refractivity contribution in [1.29, 1.82) is 0 Å². The number of rotatable bonds is 13. The van der Waals surface area contributed by atoms with Crippen LogP contribution < -0.4 is 14.4 Å². The molecule has 2 amide bonds. The first kappa shape index (κ1) is 31.7. The van der Waals surface area contributed by atoms with Crippen molar-refractivity contribution in [3.8, 4) is 5.75 Å². The van der Waals surface area contributed by atoms with Crippen LogP contribution in [0, 0.1) is 20.8 Å². The molecule has 41 heavy (non-hydrogen) atoms. The van der Waals surface area contributed by atoms with Crippen molar-refractivity contribution in [2.24, 2.45) is 0 Å². The van der Waals surface area contributed by atoms with E-state index < -0.39 is 28.5 Å². The topological polar surface area (TPSA) is 96.0 Å². The molecule has 0 saturated heterocycles. The zero-order valence-electron chi connectivity index (χ0n) is 24.8. The van der Waals surface area contributed by atoms with Crippen molar-refractivity contribution in [3.05, 3.63) is 89.0 Å². The van der Waals surface area contributed by atoms with E-state index in [0.717, 1.165) is 33.0 Å². The minimum atomic E-state index is -4.19. The van der Waals surface area contributed by atoms with Gasteiger partial charge in [0.1, 0.15) is 18.3 Å². The third kappa shape index (κ3) is 7.67. The monoisotopic (exact) mass is 579 g/mol. The van der Waals surface area contributed by atoms with Gasteiger partial charge >= 0.3 is 0 Å². The SMILES string of the molecule is CCCNC(=O)[C@H](CC)N(Cc1ccccc1C)C(=O)CN(c1cc(C)ccc1OC)S(=O)(=O)c1ccc(C)cc1. The van der Waals surface area contributed by atoms with Gasteiger partial charge in [-0.3, -0.25) is 13.9 Å². The molecule has 0 aromatic heterocycles. The van der Waals surface area contributed by atoms with Crippen molar-refractivity contribution >= 4 is 27.5 Å². The van der Waals surface area contributed by atoms with E-state index in [0.29, 0.717) is 18.7 Å². The van der Waals surface area contributed by atoms with Gasteiger partial charge in [0.2, 0.25) is 11.8 Å². The second-order valence-corrected chi connectivity index (χ2v) is 12.0. The summed E-state index contributed by atoms with van der Waals surface area (Å²) in [6.07, 6.45) is 1.12. The number of sulfonamides is 1. The van der Waals surface area contributed by atoms with Crippen LogP contribution >= 0.6 is 0 Å². The summed E-state index contributed by atoms with van der Waals surface area (Å²) in [5.41, 5.74) is 3.82. The maximum absolute atomic E-state index is 14.2. The molecule has 0 bridgehead atoms. The summed E-state index contributed by atoms with van der Waals surface area (Å²) in [5, 5.41) is 2.91. The third-order valence-corrected chi connectivity index (χ3v) is 8.80. The lowest BCUT2D eigenvalue weighted by molar-refractivity contribution is -0.140. The number of benzene rings is 3. The van der Waals surface area contributed by atoms with Crippen LogP contribution in [-0.4, -0.2) is 51.4 Å². The van der Waals surface area contributed by atoms with E-state index in [1.165, 1.54) is 24.1 Å². The lowest BCUT2D eigenvalue weighted by atomic mass is 10.1. The Morgan fingerprint density at radius 1 is 0.927 bits per heavy atom. The van der Waals surface area contributed by atoms with E-state index in [1.54, 1.807) is 24.3 Å². The van der Waals surface area contributed by atoms with Crippen molar-refractivity contribution in [1.82, 2.24) is 10.2 Å². The van der Waals surface area contributed by atoms with Gasteiger partial charge in [-0.15, -0.1) is 0 Å². The molecule has 3 rings (SSSR count). The number of anilines is 1. The molecule has 0 fully saturated rings. The normalized spacial score (nSPS) is 12.0.